The third-order valence-corrected chi connectivity index (χ3v) is 4.23. The van der Waals surface area contributed by atoms with Crippen LogP contribution in [-0.2, 0) is 0 Å². The number of nitrogens with one attached hydrogen (secondary N) is 1. The van der Waals surface area contributed by atoms with Gasteiger partial charge >= 0.3 is 6.03 Å². The number of ether oxygens (including phenoxy) is 3. The Bertz CT molecular complexity index is 865. The van der Waals surface area contributed by atoms with Crippen molar-refractivity contribution in [2.24, 2.45) is 0 Å². The van der Waals surface area contributed by atoms with E-state index in [0.717, 1.165) is 0 Å². The van der Waals surface area contributed by atoms with E-state index in [2.05, 4.69) is 16.4 Å². The molecule has 1 fully saturated rings. The number of carbonyl (C=O) groups excluding carboxylic acids is 1. The maximum Gasteiger partial charge on any atom is 0.322 e. The summed E-state index contributed by atoms with van der Waals surface area (Å²) in [5.74, 6) is 1.40. The van der Waals surface area contributed by atoms with Crippen molar-refractivity contribution < 1.29 is 19.0 Å². The van der Waals surface area contributed by atoms with Crippen molar-refractivity contribution in [1.82, 2.24) is 9.88 Å². The van der Waals surface area contributed by atoms with Gasteiger partial charge in [0, 0.05) is 25.2 Å². The normalized spacial score (nSPS) is 15.7. The van der Waals surface area contributed by atoms with Gasteiger partial charge in [0.1, 0.15) is 6.10 Å². The SMILES string of the molecule is COc1cccc(NC(=O)N2CCC(Oc3cc(C#N)ccn3)C2)c1OC. The average molecular weight is 368 g/mol. The van der Waals surface area contributed by atoms with Crippen molar-refractivity contribution in [3.05, 3.63) is 42.1 Å². The van der Waals surface area contributed by atoms with Crippen LogP contribution in [0.15, 0.2) is 36.5 Å². The van der Waals surface area contributed by atoms with E-state index in [1.54, 1.807) is 42.3 Å². The van der Waals surface area contributed by atoms with Gasteiger partial charge < -0.3 is 24.4 Å². The lowest BCUT2D eigenvalue weighted by Gasteiger charge is -2.19. The lowest BCUT2D eigenvalue weighted by atomic mass is 10.2. The lowest BCUT2D eigenvalue weighted by Crippen LogP contribution is -2.34. The molecule has 8 nitrogen and oxygen atoms in total. The Morgan fingerprint density at radius 2 is 2.19 bits per heavy atom. The number of urea groups is 1. The molecule has 0 saturated carbocycles. The van der Waals surface area contributed by atoms with Crippen LogP contribution in [0, 0.1) is 11.3 Å². The van der Waals surface area contributed by atoms with E-state index in [-0.39, 0.29) is 12.1 Å². The number of aromatic nitrogens is 1. The maximum absolute atomic E-state index is 12.6. The van der Waals surface area contributed by atoms with E-state index in [0.29, 0.717) is 48.1 Å². The maximum atomic E-state index is 12.6. The third-order valence-electron chi connectivity index (χ3n) is 4.23. The number of para-hydroxylation sites is 1. The third kappa shape index (κ3) is 4.20. The Kier molecular flexibility index (Phi) is 5.61. The zero-order valence-electron chi connectivity index (χ0n) is 15.1. The molecule has 0 bridgehead atoms. The summed E-state index contributed by atoms with van der Waals surface area (Å²) < 4.78 is 16.4. The van der Waals surface area contributed by atoms with Gasteiger partial charge in [0.25, 0.3) is 0 Å². The zero-order valence-corrected chi connectivity index (χ0v) is 15.1. The molecule has 2 heterocycles. The first-order valence-corrected chi connectivity index (χ1v) is 8.44. The molecular weight excluding hydrogens is 348 g/mol. The van der Waals surface area contributed by atoms with Crippen molar-refractivity contribution in [3.63, 3.8) is 0 Å². The summed E-state index contributed by atoms with van der Waals surface area (Å²) in [6, 6.07) is 10.3. The second-order valence-corrected chi connectivity index (χ2v) is 5.94. The van der Waals surface area contributed by atoms with Crippen LogP contribution in [0.25, 0.3) is 0 Å². The Morgan fingerprint density at radius 3 is 2.93 bits per heavy atom. The van der Waals surface area contributed by atoms with Gasteiger partial charge in [-0.2, -0.15) is 5.26 Å². The van der Waals surface area contributed by atoms with E-state index in [1.165, 1.54) is 13.3 Å². The van der Waals surface area contributed by atoms with Crippen molar-refractivity contribution in [2.75, 3.05) is 32.6 Å². The number of pyridine rings is 1. The minimum atomic E-state index is -0.244. The molecule has 3 rings (SSSR count). The van der Waals surface area contributed by atoms with Gasteiger partial charge in [0.05, 0.1) is 38.1 Å². The van der Waals surface area contributed by atoms with Crippen LogP contribution in [0.4, 0.5) is 10.5 Å². The highest BCUT2D eigenvalue weighted by molar-refractivity contribution is 5.91. The summed E-state index contributed by atoms with van der Waals surface area (Å²) in [6.07, 6.45) is 2.04. The molecular formula is C19H20N4O4. The predicted octanol–water partition coefficient (Wildman–Crippen LogP) is 2.66. The second-order valence-electron chi connectivity index (χ2n) is 5.94. The molecule has 2 aromatic rings. The molecule has 1 aliphatic heterocycles. The second kappa shape index (κ2) is 8.27. The van der Waals surface area contributed by atoms with Gasteiger partial charge in [-0.15, -0.1) is 0 Å². The van der Waals surface area contributed by atoms with Crippen LogP contribution in [0.5, 0.6) is 17.4 Å². The molecule has 1 atom stereocenters. The topological polar surface area (TPSA) is 96.7 Å². The van der Waals surface area contributed by atoms with Crippen LogP contribution >= 0.6 is 0 Å². The number of hydrogen-bond donors (Lipinski definition) is 1. The predicted molar refractivity (Wildman–Crippen MR) is 98.1 cm³/mol. The fourth-order valence-electron chi connectivity index (χ4n) is 2.90. The number of anilines is 1. The summed E-state index contributed by atoms with van der Waals surface area (Å²) in [4.78, 5) is 18.4. The fraction of sp³-hybridized carbons (Fsp3) is 0.316. The Labute approximate surface area is 157 Å². The number of rotatable bonds is 5. The van der Waals surface area contributed by atoms with E-state index in [4.69, 9.17) is 19.5 Å². The standard InChI is InChI=1S/C19H20N4O4/c1-25-16-5-3-4-15(18(16)26-2)22-19(24)23-9-7-14(12-23)27-17-10-13(11-20)6-8-21-17/h3-6,8,10,14H,7,9,12H2,1-2H3,(H,22,24). The number of hydrogen-bond acceptors (Lipinski definition) is 6. The lowest BCUT2D eigenvalue weighted by molar-refractivity contribution is 0.190. The quantitative estimate of drug-likeness (QED) is 0.871. The minimum absolute atomic E-state index is 0.176. The monoisotopic (exact) mass is 368 g/mol. The molecule has 0 aliphatic carbocycles. The molecule has 8 heteroatoms. The largest absolute Gasteiger partial charge is 0.493 e. The first kappa shape index (κ1) is 18.3. The van der Waals surface area contributed by atoms with Gasteiger partial charge in [0.2, 0.25) is 5.88 Å². The molecule has 0 radical (unpaired) electrons. The van der Waals surface area contributed by atoms with Crippen LogP contribution < -0.4 is 19.5 Å². The van der Waals surface area contributed by atoms with Gasteiger partial charge in [-0.05, 0) is 18.2 Å². The number of methoxy groups -OCH3 is 2. The molecule has 2 amide bonds. The summed E-state index contributed by atoms with van der Waals surface area (Å²) in [6.45, 7) is 0.983. The molecule has 140 valence electrons. The Balaban J connectivity index is 1.62. The number of nitrogens with zero attached hydrogens (tertiary/aromatic N) is 3. The van der Waals surface area contributed by atoms with Crippen molar-refractivity contribution in [1.29, 1.82) is 5.26 Å². The van der Waals surface area contributed by atoms with Crippen LogP contribution in [-0.4, -0.2) is 49.3 Å². The van der Waals surface area contributed by atoms with E-state index in [9.17, 15) is 4.79 Å². The molecule has 1 saturated heterocycles. The molecule has 1 aromatic carbocycles. The smallest absolute Gasteiger partial charge is 0.322 e. The first-order valence-electron chi connectivity index (χ1n) is 8.44. The fourth-order valence-corrected chi connectivity index (χ4v) is 2.90. The van der Waals surface area contributed by atoms with Gasteiger partial charge in [0.15, 0.2) is 11.5 Å². The molecule has 1 unspecified atom stereocenters. The Morgan fingerprint density at radius 1 is 1.33 bits per heavy atom. The summed E-state index contributed by atoms with van der Waals surface area (Å²) >= 11 is 0. The summed E-state index contributed by atoms with van der Waals surface area (Å²) in [5, 5.41) is 11.8. The van der Waals surface area contributed by atoms with Crippen molar-refractivity contribution >= 4 is 11.7 Å². The van der Waals surface area contributed by atoms with Crippen LogP contribution in [0.1, 0.15) is 12.0 Å². The van der Waals surface area contributed by atoms with Crippen LogP contribution in [0.3, 0.4) is 0 Å². The van der Waals surface area contributed by atoms with E-state index < -0.39 is 0 Å². The van der Waals surface area contributed by atoms with Crippen molar-refractivity contribution in [3.8, 4) is 23.4 Å². The van der Waals surface area contributed by atoms with Crippen molar-refractivity contribution in [2.45, 2.75) is 12.5 Å². The molecule has 27 heavy (non-hydrogen) atoms. The zero-order chi connectivity index (χ0) is 19.2. The highest BCUT2D eigenvalue weighted by atomic mass is 16.5. The number of nitriles is 1. The van der Waals surface area contributed by atoms with E-state index >= 15 is 0 Å². The Hall–Kier alpha value is -3.47. The molecule has 1 aliphatic rings. The molecule has 0 spiro atoms. The number of benzene rings is 1. The molecule has 1 aromatic heterocycles. The number of likely N-dealkylation sites (tertiary alicyclic amines) is 1. The highest BCUT2D eigenvalue weighted by Crippen LogP contribution is 2.35. The number of amides is 2. The first-order chi connectivity index (χ1) is 13.1. The molecule has 1 N–H and O–H groups in total. The average Bonchev–Trinajstić information content (AvgIpc) is 3.16. The minimum Gasteiger partial charge on any atom is -0.493 e. The van der Waals surface area contributed by atoms with E-state index in [1.807, 2.05) is 0 Å². The number of carbonyl (C=O) groups is 1. The highest BCUT2D eigenvalue weighted by Gasteiger charge is 2.28. The van der Waals surface area contributed by atoms with Gasteiger partial charge in [-0.3, -0.25) is 0 Å². The van der Waals surface area contributed by atoms with Gasteiger partial charge in [-0.1, -0.05) is 6.07 Å². The van der Waals surface area contributed by atoms with Crippen LogP contribution in [0.2, 0.25) is 0 Å². The summed E-state index contributed by atoms with van der Waals surface area (Å²) in [5.41, 5.74) is 1.02. The summed E-state index contributed by atoms with van der Waals surface area (Å²) in [7, 11) is 3.07. The van der Waals surface area contributed by atoms with Gasteiger partial charge in [-0.25, -0.2) is 9.78 Å².